The van der Waals surface area contributed by atoms with Gasteiger partial charge in [-0.3, -0.25) is 14.7 Å². The minimum atomic E-state index is -0.287. The van der Waals surface area contributed by atoms with Gasteiger partial charge in [-0.05, 0) is 50.1 Å². The molecule has 1 unspecified atom stereocenters. The van der Waals surface area contributed by atoms with Crippen molar-refractivity contribution in [3.8, 4) is 6.07 Å². The zero-order valence-electron chi connectivity index (χ0n) is 21.6. The molecule has 0 aliphatic carbocycles. The van der Waals surface area contributed by atoms with E-state index in [0.29, 0.717) is 12.1 Å². The minimum absolute atomic E-state index is 0.245. The summed E-state index contributed by atoms with van der Waals surface area (Å²) in [6.07, 6.45) is 6.84. The van der Waals surface area contributed by atoms with E-state index in [-0.39, 0.29) is 27.6 Å². The van der Waals surface area contributed by atoms with Gasteiger partial charge < -0.3 is 10.2 Å². The van der Waals surface area contributed by atoms with Gasteiger partial charge in [-0.25, -0.2) is 0 Å². The molecule has 0 spiro atoms. The number of carbonyl (C=O) groups is 1. The van der Waals surface area contributed by atoms with Crippen LogP contribution in [-0.2, 0) is 6.54 Å². The van der Waals surface area contributed by atoms with E-state index in [1.807, 2.05) is 24.3 Å². The van der Waals surface area contributed by atoms with Crippen LogP contribution in [0.3, 0.4) is 0 Å². The van der Waals surface area contributed by atoms with Crippen molar-refractivity contribution in [1.82, 2.24) is 15.2 Å². The smallest absolute Gasteiger partial charge is 0.254 e. The molecule has 3 aromatic rings. The van der Waals surface area contributed by atoms with Gasteiger partial charge in [0, 0.05) is 62.4 Å². The van der Waals surface area contributed by atoms with Crippen LogP contribution in [0.15, 0.2) is 72.7 Å². The molecule has 0 radical (unpaired) electrons. The number of anilines is 1. The van der Waals surface area contributed by atoms with Crippen LogP contribution in [0.2, 0.25) is 10.0 Å². The number of amides is 1. The van der Waals surface area contributed by atoms with Crippen molar-refractivity contribution in [2.24, 2.45) is 0 Å². The van der Waals surface area contributed by atoms with Crippen LogP contribution in [0, 0.1) is 18.3 Å². The topological polar surface area (TPSA) is 72.3 Å². The lowest BCUT2D eigenvalue weighted by molar-refractivity contribution is 0.0949. The second kappa shape index (κ2) is 12.9. The summed E-state index contributed by atoms with van der Waals surface area (Å²) >= 11 is 12.2. The summed E-state index contributed by atoms with van der Waals surface area (Å²) in [5, 5.41) is 12.6. The van der Waals surface area contributed by atoms with E-state index in [2.05, 4.69) is 70.4 Å². The zero-order valence-corrected chi connectivity index (χ0v) is 23.1. The van der Waals surface area contributed by atoms with Gasteiger partial charge in [-0.15, -0.1) is 0 Å². The number of aryl methyl sites for hydroxylation is 1. The van der Waals surface area contributed by atoms with Gasteiger partial charge in [0.1, 0.15) is 0 Å². The van der Waals surface area contributed by atoms with E-state index in [0.717, 1.165) is 38.2 Å². The summed E-state index contributed by atoms with van der Waals surface area (Å²) in [7, 11) is 0. The molecular weight excluding hydrogens is 517 g/mol. The molecule has 1 N–H and O–H groups in total. The summed E-state index contributed by atoms with van der Waals surface area (Å²) in [4.78, 5) is 21.2. The Kier molecular flexibility index (Phi) is 9.41. The van der Waals surface area contributed by atoms with E-state index in [1.54, 1.807) is 0 Å². The van der Waals surface area contributed by atoms with Gasteiger partial charge in [-0.2, -0.15) is 5.26 Å². The quantitative estimate of drug-likeness (QED) is 0.336. The van der Waals surface area contributed by atoms with Gasteiger partial charge in [-0.1, -0.05) is 59.1 Å². The highest BCUT2D eigenvalue weighted by Crippen LogP contribution is 2.28. The van der Waals surface area contributed by atoms with Crippen molar-refractivity contribution in [2.45, 2.75) is 39.3 Å². The maximum Gasteiger partial charge on any atom is 0.254 e. The number of hydrogen-bond acceptors (Lipinski definition) is 5. The van der Waals surface area contributed by atoms with Gasteiger partial charge in [0.15, 0.2) is 0 Å². The third-order valence-corrected chi connectivity index (χ3v) is 7.42. The molecule has 2 aromatic carbocycles. The van der Waals surface area contributed by atoms with Gasteiger partial charge in [0.2, 0.25) is 0 Å². The number of nitrogens with zero attached hydrogens (tertiary/aromatic N) is 4. The Morgan fingerprint density at radius 2 is 1.92 bits per heavy atom. The molecule has 1 amide bonds. The molecule has 6 nitrogen and oxygen atoms in total. The Morgan fingerprint density at radius 3 is 2.55 bits per heavy atom. The van der Waals surface area contributed by atoms with Crippen molar-refractivity contribution in [1.29, 1.82) is 5.26 Å². The molecule has 0 saturated carbocycles. The fourth-order valence-electron chi connectivity index (χ4n) is 4.68. The molecule has 0 fully saturated rings. The van der Waals surface area contributed by atoms with Crippen LogP contribution in [-0.4, -0.2) is 41.5 Å². The summed E-state index contributed by atoms with van der Waals surface area (Å²) in [5.41, 5.74) is 5.75. The molecule has 1 aromatic heterocycles. The first-order valence-electron chi connectivity index (χ1n) is 12.7. The number of nitriles is 1. The Morgan fingerprint density at radius 1 is 1.18 bits per heavy atom. The second-order valence-electron chi connectivity index (χ2n) is 9.55. The third kappa shape index (κ3) is 6.93. The van der Waals surface area contributed by atoms with Crippen molar-refractivity contribution < 1.29 is 4.79 Å². The standard InChI is InChI=1S/C30H31Cl2N5O/c1-21-4-3-5-24(16-21)20-37(25-8-6-23(17-33)7-9-25)26-11-14-36(15-12-26)22(2)10-13-35-30(38)29-27(31)18-34-19-28(29)32/h3-9,11,16,18-19,22H,10,12-15,20H2,1-2H3,(H,35,38). The van der Waals surface area contributed by atoms with Crippen LogP contribution < -0.4 is 10.2 Å². The number of carbonyl (C=O) groups excluding carboxylic acids is 1. The van der Waals surface area contributed by atoms with Crippen LogP contribution in [0.5, 0.6) is 0 Å². The second-order valence-corrected chi connectivity index (χ2v) is 10.4. The Hall–Kier alpha value is -3.37. The first-order chi connectivity index (χ1) is 18.4. The summed E-state index contributed by atoms with van der Waals surface area (Å²) in [6, 6.07) is 18.9. The lowest BCUT2D eigenvalue weighted by Gasteiger charge is -2.36. The summed E-state index contributed by atoms with van der Waals surface area (Å²) in [5.74, 6) is -0.287. The Balaban J connectivity index is 1.39. The highest BCUT2D eigenvalue weighted by molar-refractivity contribution is 6.39. The number of aromatic nitrogens is 1. The summed E-state index contributed by atoms with van der Waals surface area (Å²) < 4.78 is 0. The van der Waals surface area contributed by atoms with E-state index in [1.165, 1.54) is 29.2 Å². The fourth-order valence-corrected chi connectivity index (χ4v) is 5.22. The lowest BCUT2D eigenvalue weighted by atomic mass is 10.1. The molecule has 38 heavy (non-hydrogen) atoms. The largest absolute Gasteiger partial charge is 0.352 e. The molecular formula is C30H31Cl2N5O. The molecule has 0 bridgehead atoms. The fraction of sp³-hybridized carbons (Fsp3) is 0.300. The average Bonchev–Trinajstić information content (AvgIpc) is 2.92. The monoisotopic (exact) mass is 547 g/mol. The van der Waals surface area contributed by atoms with Crippen LogP contribution >= 0.6 is 23.2 Å². The molecule has 1 aliphatic heterocycles. The molecule has 8 heteroatoms. The van der Waals surface area contributed by atoms with Gasteiger partial charge >= 0.3 is 0 Å². The van der Waals surface area contributed by atoms with Crippen molar-refractivity contribution in [2.75, 3.05) is 24.5 Å². The molecule has 0 saturated heterocycles. The molecule has 1 aliphatic rings. The maximum atomic E-state index is 12.6. The Bertz CT molecular complexity index is 1330. The van der Waals surface area contributed by atoms with Crippen LogP contribution in [0.25, 0.3) is 0 Å². The van der Waals surface area contributed by atoms with E-state index in [9.17, 15) is 10.1 Å². The first kappa shape index (κ1) is 27.7. The predicted molar refractivity (Wildman–Crippen MR) is 153 cm³/mol. The third-order valence-electron chi connectivity index (χ3n) is 6.85. The number of benzene rings is 2. The van der Waals surface area contributed by atoms with Crippen LogP contribution in [0.4, 0.5) is 5.69 Å². The number of pyridine rings is 1. The average molecular weight is 549 g/mol. The lowest BCUT2D eigenvalue weighted by Crippen LogP contribution is -2.41. The SMILES string of the molecule is Cc1cccc(CN(C2=CCN(C(C)CCNC(=O)c3c(Cl)cncc3Cl)CC2)c2ccc(C#N)cc2)c1. The molecule has 4 rings (SSSR count). The Labute approximate surface area is 234 Å². The summed E-state index contributed by atoms with van der Waals surface area (Å²) in [6.45, 7) is 7.32. The number of hydrogen-bond donors (Lipinski definition) is 1. The molecule has 2 heterocycles. The highest BCUT2D eigenvalue weighted by Gasteiger charge is 2.22. The highest BCUT2D eigenvalue weighted by atomic mass is 35.5. The maximum absolute atomic E-state index is 12.6. The molecule has 196 valence electrons. The predicted octanol–water partition coefficient (Wildman–Crippen LogP) is 6.37. The number of nitrogens with one attached hydrogen (secondary N) is 1. The normalized spacial score (nSPS) is 14.3. The van der Waals surface area contributed by atoms with Gasteiger partial charge in [0.05, 0.1) is 27.2 Å². The van der Waals surface area contributed by atoms with E-state index < -0.39 is 0 Å². The minimum Gasteiger partial charge on any atom is -0.352 e. The zero-order chi connectivity index (χ0) is 27.1. The molecule has 1 atom stereocenters. The van der Waals surface area contributed by atoms with E-state index >= 15 is 0 Å². The first-order valence-corrected chi connectivity index (χ1v) is 13.4. The van der Waals surface area contributed by atoms with Crippen LogP contribution in [0.1, 0.15) is 46.8 Å². The van der Waals surface area contributed by atoms with Gasteiger partial charge in [0.25, 0.3) is 5.91 Å². The van der Waals surface area contributed by atoms with E-state index in [4.69, 9.17) is 23.2 Å². The van der Waals surface area contributed by atoms with Crippen molar-refractivity contribution in [3.05, 3.63) is 105 Å². The van der Waals surface area contributed by atoms with Crippen molar-refractivity contribution in [3.63, 3.8) is 0 Å². The number of rotatable bonds is 9. The van der Waals surface area contributed by atoms with Crippen molar-refractivity contribution >= 4 is 34.8 Å². The number of halogens is 2.